The van der Waals surface area contributed by atoms with Crippen LogP contribution in [-0.4, -0.2) is 23.4 Å². The summed E-state index contributed by atoms with van der Waals surface area (Å²) in [4.78, 5) is 13.3. The van der Waals surface area contributed by atoms with Gasteiger partial charge in [0.25, 0.3) is 0 Å². The molecule has 1 aliphatic heterocycles. The first-order chi connectivity index (χ1) is 7.70. The van der Waals surface area contributed by atoms with E-state index in [1.165, 1.54) is 0 Å². The molecule has 0 saturated carbocycles. The molecule has 82 valence electrons. The highest BCUT2D eigenvalue weighted by atomic mass is 16.2. The molecule has 0 spiro atoms. The number of nitriles is 1. The van der Waals surface area contributed by atoms with Gasteiger partial charge in [-0.05, 0) is 24.1 Å². The van der Waals surface area contributed by atoms with Gasteiger partial charge in [0.1, 0.15) is 0 Å². The highest BCUT2D eigenvalue weighted by Crippen LogP contribution is 2.14. The number of hydrogen-bond donors (Lipinski definition) is 1. The predicted octanol–water partition coefficient (Wildman–Crippen LogP) is 0.618. The van der Waals surface area contributed by atoms with Crippen LogP contribution in [0.2, 0.25) is 0 Å². The van der Waals surface area contributed by atoms with Crippen molar-refractivity contribution in [1.82, 2.24) is 4.90 Å². The van der Waals surface area contributed by atoms with Crippen LogP contribution in [0, 0.1) is 11.3 Å². The summed E-state index contributed by atoms with van der Waals surface area (Å²) in [5.74, 6) is 0.00219. The van der Waals surface area contributed by atoms with E-state index in [1.54, 1.807) is 17.0 Å². The Balaban J connectivity index is 2.10. The average molecular weight is 215 g/mol. The lowest BCUT2D eigenvalue weighted by molar-refractivity contribution is -0.129. The fourth-order valence-corrected chi connectivity index (χ4v) is 1.88. The molecule has 1 aliphatic rings. The van der Waals surface area contributed by atoms with Crippen LogP contribution in [0.1, 0.15) is 17.5 Å². The van der Waals surface area contributed by atoms with Crippen LogP contribution in [0.4, 0.5) is 0 Å². The number of rotatable bonds is 2. The molecule has 1 heterocycles. The first kappa shape index (κ1) is 10.7. The second-order valence-electron chi connectivity index (χ2n) is 3.97. The fraction of sp³-hybridized carbons (Fsp3) is 0.333. The van der Waals surface area contributed by atoms with Gasteiger partial charge >= 0.3 is 0 Å². The number of hydrogen-bond acceptors (Lipinski definition) is 3. The molecule has 4 nitrogen and oxygen atoms in total. The quantitative estimate of drug-likeness (QED) is 0.786. The van der Waals surface area contributed by atoms with Gasteiger partial charge in [0.15, 0.2) is 0 Å². The van der Waals surface area contributed by atoms with E-state index in [0.29, 0.717) is 18.7 Å². The summed E-state index contributed by atoms with van der Waals surface area (Å²) in [6.45, 7) is 1.25. The summed E-state index contributed by atoms with van der Waals surface area (Å²) in [6, 6.07) is 9.03. The molecule has 1 saturated heterocycles. The van der Waals surface area contributed by atoms with Gasteiger partial charge in [-0.1, -0.05) is 12.1 Å². The van der Waals surface area contributed by atoms with Crippen molar-refractivity contribution in [2.75, 3.05) is 6.54 Å². The number of benzene rings is 1. The number of carbonyl (C=O) groups excluding carboxylic acids is 1. The Bertz CT molecular complexity index is 450. The average Bonchev–Trinajstić information content (AvgIpc) is 2.61. The third-order valence-electron chi connectivity index (χ3n) is 2.77. The van der Waals surface area contributed by atoms with Crippen LogP contribution < -0.4 is 5.73 Å². The van der Waals surface area contributed by atoms with E-state index in [-0.39, 0.29) is 11.9 Å². The SMILES string of the molecule is N#Cc1cccc(CN2CCC(N)C2=O)c1. The Morgan fingerprint density at radius 1 is 1.56 bits per heavy atom. The molecule has 1 aromatic carbocycles. The van der Waals surface area contributed by atoms with Crippen molar-refractivity contribution in [2.24, 2.45) is 5.73 Å². The second kappa shape index (κ2) is 4.33. The van der Waals surface area contributed by atoms with Gasteiger partial charge in [-0.3, -0.25) is 4.79 Å². The molecule has 16 heavy (non-hydrogen) atoms. The van der Waals surface area contributed by atoms with E-state index in [1.807, 2.05) is 12.1 Å². The Labute approximate surface area is 94.3 Å². The van der Waals surface area contributed by atoms with E-state index in [4.69, 9.17) is 11.0 Å². The Morgan fingerprint density at radius 2 is 2.38 bits per heavy atom. The van der Waals surface area contributed by atoms with Crippen LogP contribution in [-0.2, 0) is 11.3 Å². The fourth-order valence-electron chi connectivity index (χ4n) is 1.88. The lowest BCUT2D eigenvalue weighted by atomic mass is 10.1. The van der Waals surface area contributed by atoms with Crippen LogP contribution in [0.15, 0.2) is 24.3 Å². The van der Waals surface area contributed by atoms with Gasteiger partial charge in [-0.2, -0.15) is 5.26 Å². The topological polar surface area (TPSA) is 70.1 Å². The number of carbonyl (C=O) groups is 1. The monoisotopic (exact) mass is 215 g/mol. The van der Waals surface area contributed by atoms with Crippen molar-refractivity contribution in [3.05, 3.63) is 35.4 Å². The van der Waals surface area contributed by atoms with Gasteiger partial charge in [0.2, 0.25) is 5.91 Å². The molecule has 1 aromatic rings. The van der Waals surface area contributed by atoms with Crippen LogP contribution in [0.3, 0.4) is 0 Å². The Kier molecular flexibility index (Phi) is 2.88. The predicted molar refractivity (Wildman–Crippen MR) is 59.2 cm³/mol. The van der Waals surface area contributed by atoms with E-state index < -0.39 is 0 Å². The lowest BCUT2D eigenvalue weighted by Crippen LogP contribution is -2.33. The number of nitrogens with zero attached hydrogens (tertiary/aromatic N) is 2. The summed E-state index contributed by atoms with van der Waals surface area (Å²) in [6.07, 6.45) is 0.719. The summed E-state index contributed by atoms with van der Waals surface area (Å²) in [7, 11) is 0. The first-order valence-electron chi connectivity index (χ1n) is 5.24. The van der Waals surface area contributed by atoms with E-state index >= 15 is 0 Å². The van der Waals surface area contributed by atoms with Gasteiger partial charge in [0, 0.05) is 13.1 Å². The van der Waals surface area contributed by atoms with Gasteiger partial charge < -0.3 is 10.6 Å². The van der Waals surface area contributed by atoms with Crippen LogP contribution >= 0.6 is 0 Å². The maximum Gasteiger partial charge on any atom is 0.239 e. The summed E-state index contributed by atoms with van der Waals surface area (Å²) in [5, 5.41) is 8.77. The standard InChI is InChI=1S/C12H13N3O/c13-7-9-2-1-3-10(6-9)8-15-5-4-11(14)12(15)16/h1-3,6,11H,4-5,8,14H2. The molecule has 1 unspecified atom stereocenters. The van der Waals surface area contributed by atoms with E-state index in [0.717, 1.165) is 12.0 Å². The van der Waals surface area contributed by atoms with Crippen molar-refractivity contribution >= 4 is 5.91 Å². The summed E-state index contributed by atoms with van der Waals surface area (Å²) in [5.41, 5.74) is 7.23. The normalized spacial score (nSPS) is 19.9. The third-order valence-corrected chi connectivity index (χ3v) is 2.77. The van der Waals surface area contributed by atoms with Gasteiger partial charge in [0.05, 0.1) is 17.7 Å². The van der Waals surface area contributed by atoms with Crippen molar-refractivity contribution in [1.29, 1.82) is 5.26 Å². The number of amides is 1. The van der Waals surface area contributed by atoms with Crippen LogP contribution in [0.5, 0.6) is 0 Å². The van der Waals surface area contributed by atoms with Crippen LogP contribution in [0.25, 0.3) is 0 Å². The summed E-state index contributed by atoms with van der Waals surface area (Å²) >= 11 is 0. The van der Waals surface area contributed by atoms with E-state index in [9.17, 15) is 4.79 Å². The maximum atomic E-state index is 11.6. The van der Waals surface area contributed by atoms with Crippen molar-refractivity contribution in [2.45, 2.75) is 19.0 Å². The molecule has 1 fully saturated rings. The number of likely N-dealkylation sites (tertiary alicyclic amines) is 1. The number of nitrogens with two attached hydrogens (primary N) is 1. The minimum absolute atomic E-state index is 0.00219. The minimum Gasteiger partial charge on any atom is -0.337 e. The minimum atomic E-state index is -0.348. The molecule has 4 heteroatoms. The molecule has 2 N–H and O–H groups in total. The zero-order valence-electron chi connectivity index (χ0n) is 8.89. The molecule has 1 atom stereocenters. The third kappa shape index (κ3) is 2.05. The molecule has 2 rings (SSSR count). The van der Waals surface area contributed by atoms with Crippen molar-refractivity contribution in [3.63, 3.8) is 0 Å². The summed E-state index contributed by atoms with van der Waals surface area (Å²) < 4.78 is 0. The molecule has 0 aliphatic carbocycles. The zero-order valence-corrected chi connectivity index (χ0v) is 8.89. The highest BCUT2D eigenvalue weighted by molar-refractivity contribution is 5.83. The smallest absolute Gasteiger partial charge is 0.239 e. The molecule has 0 bridgehead atoms. The molecular weight excluding hydrogens is 202 g/mol. The zero-order chi connectivity index (χ0) is 11.5. The Hall–Kier alpha value is -1.86. The van der Waals surface area contributed by atoms with Crippen molar-refractivity contribution in [3.8, 4) is 6.07 Å². The molecule has 1 amide bonds. The van der Waals surface area contributed by atoms with Crippen molar-refractivity contribution < 1.29 is 4.79 Å². The Morgan fingerprint density at radius 3 is 3.00 bits per heavy atom. The molecule has 0 radical (unpaired) electrons. The second-order valence-corrected chi connectivity index (χ2v) is 3.97. The highest BCUT2D eigenvalue weighted by Gasteiger charge is 2.28. The van der Waals surface area contributed by atoms with Gasteiger partial charge in [-0.15, -0.1) is 0 Å². The molecule has 0 aromatic heterocycles. The largest absolute Gasteiger partial charge is 0.337 e. The maximum absolute atomic E-state index is 11.6. The van der Waals surface area contributed by atoms with Gasteiger partial charge in [-0.25, -0.2) is 0 Å². The first-order valence-corrected chi connectivity index (χ1v) is 5.24. The van der Waals surface area contributed by atoms with E-state index in [2.05, 4.69) is 6.07 Å². The lowest BCUT2D eigenvalue weighted by Gasteiger charge is -2.15. The molecular formula is C12H13N3O.